The Labute approximate surface area is 113 Å². The summed E-state index contributed by atoms with van der Waals surface area (Å²) in [6, 6.07) is 8.51. The van der Waals surface area contributed by atoms with Crippen LogP contribution in [-0.4, -0.2) is 36.3 Å². The summed E-state index contributed by atoms with van der Waals surface area (Å²) in [6.07, 6.45) is 1.72. The highest BCUT2D eigenvalue weighted by Gasteiger charge is 2.20. The Hall–Kier alpha value is -2.83. The van der Waals surface area contributed by atoms with Crippen molar-refractivity contribution in [3.8, 4) is 11.4 Å². The molecule has 20 heavy (non-hydrogen) atoms. The lowest BCUT2D eigenvalue weighted by atomic mass is 10.1. The van der Waals surface area contributed by atoms with Crippen LogP contribution < -0.4 is 0 Å². The van der Waals surface area contributed by atoms with Crippen molar-refractivity contribution in [2.45, 2.75) is 13.0 Å². The third kappa shape index (κ3) is 1.99. The number of carbonyl (C=O) groups is 1. The first-order valence-corrected chi connectivity index (χ1v) is 6.02. The van der Waals surface area contributed by atoms with Gasteiger partial charge in [-0.3, -0.25) is 4.98 Å². The summed E-state index contributed by atoms with van der Waals surface area (Å²) >= 11 is 0. The molecule has 0 saturated carbocycles. The molecular weight excluding hydrogens is 258 g/mol. The van der Waals surface area contributed by atoms with Crippen molar-refractivity contribution in [2.75, 3.05) is 0 Å². The minimum atomic E-state index is -0.985. The monoisotopic (exact) mass is 269 g/mol. The lowest BCUT2D eigenvalue weighted by Gasteiger charge is -2.09. The second-order valence-corrected chi connectivity index (χ2v) is 4.37. The number of rotatable bonds is 3. The van der Waals surface area contributed by atoms with Crippen molar-refractivity contribution >= 4 is 16.9 Å². The SMILES string of the molecule is CC(C(=O)O)n1nnnc1-c1ccc2ncccc2c1. The zero-order valence-corrected chi connectivity index (χ0v) is 10.6. The molecule has 1 unspecified atom stereocenters. The van der Waals surface area contributed by atoms with Gasteiger partial charge in [0.1, 0.15) is 0 Å². The predicted octanol–water partition coefficient (Wildman–Crippen LogP) is 1.53. The maximum atomic E-state index is 11.1. The van der Waals surface area contributed by atoms with E-state index in [-0.39, 0.29) is 0 Å². The maximum absolute atomic E-state index is 11.1. The van der Waals surface area contributed by atoms with Gasteiger partial charge in [-0.15, -0.1) is 5.10 Å². The maximum Gasteiger partial charge on any atom is 0.328 e. The fraction of sp³-hybridized carbons (Fsp3) is 0.154. The summed E-state index contributed by atoms with van der Waals surface area (Å²) in [7, 11) is 0. The Balaban J connectivity index is 2.12. The molecule has 7 heteroatoms. The fourth-order valence-corrected chi connectivity index (χ4v) is 1.96. The van der Waals surface area contributed by atoms with E-state index in [1.165, 1.54) is 11.6 Å². The van der Waals surface area contributed by atoms with Crippen LogP contribution in [0.15, 0.2) is 36.5 Å². The van der Waals surface area contributed by atoms with Gasteiger partial charge in [-0.25, -0.2) is 9.48 Å². The highest BCUT2D eigenvalue weighted by atomic mass is 16.4. The molecule has 0 radical (unpaired) electrons. The third-order valence-corrected chi connectivity index (χ3v) is 3.08. The van der Waals surface area contributed by atoms with E-state index < -0.39 is 12.0 Å². The van der Waals surface area contributed by atoms with Gasteiger partial charge in [0, 0.05) is 17.1 Å². The molecule has 0 aliphatic heterocycles. The van der Waals surface area contributed by atoms with Gasteiger partial charge in [0.2, 0.25) is 0 Å². The van der Waals surface area contributed by atoms with E-state index in [1.54, 1.807) is 6.20 Å². The van der Waals surface area contributed by atoms with Gasteiger partial charge < -0.3 is 5.11 Å². The van der Waals surface area contributed by atoms with E-state index in [0.717, 1.165) is 16.5 Å². The number of fused-ring (bicyclic) bond motifs is 1. The highest BCUT2D eigenvalue weighted by Crippen LogP contribution is 2.23. The first kappa shape index (κ1) is 12.2. The van der Waals surface area contributed by atoms with Crippen molar-refractivity contribution in [3.63, 3.8) is 0 Å². The summed E-state index contributed by atoms with van der Waals surface area (Å²) in [5.74, 6) is -0.563. The Kier molecular flexibility index (Phi) is 2.86. The number of nitrogens with zero attached hydrogens (tertiary/aromatic N) is 5. The van der Waals surface area contributed by atoms with Gasteiger partial charge in [0.15, 0.2) is 11.9 Å². The summed E-state index contributed by atoms with van der Waals surface area (Å²) in [6.45, 7) is 1.53. The number of aliphatic carboxylic acids is 1. The van der Waals surface area contributed by atoms with Gasteiger partial charge in [-0.1, -0.05) is 6.07 Å². The fourth-order valence-electron chi connectivity index (χ4n) is 1.96. The standard InChI is InChI=1S/C13H11N5O2/c1-8(13(19)20)18-12(15-16-17-18)10-4-5-11-9(7-10)3-2-6-14-11/h2-8H,1H3,(H,19,20). The first-order chi connectivity index (χ1) is 9.66. The zero-order valence-electron chi connectivity index (χ0n) is 10.6. The normalized spacial score (nSPS) is 12.4. The highest BCUT2D eigenvalue weighted by molar-refractivity contribution is 5.83. The molecule has 0 amide bonds. The smallest absolute Gasteiger partial charge is 0.328 e. The molecular formula is C13H11N5O2. The second-order valence-electron chi connectivity index (χ2n) is 4.37. The number of pyridine rings is 1. The largest absolute Gasteiger partial charge is 0.480 e. The molecule has 1 N–H and O–H groups in total. The molecule has 7 nitrogen and oxygen atoms in total. The average Bonchev–Trinajstić information content (AvgIpc) is 2.95. The Bertz CT molecular complexity index is 783. The molecule has 0 aliphatic carbocycles. The molecule has 0 fully saturated rings. The van der Waals surface area contributed by atoms with Crippen molar-refractivity contribution in [2.24, 2.45) is 0 Å². The predicted molar refractivity (Wildman–Crippen MR) is 70.9 cm³/mol. The van der Waals surface area contributed by atoms with Crippen LogP contribution in [0.5, 0.6) is 0 Å². The number of carboxylic acid groups (broad SMARTS) is 1. The molecule has 0 spiro atoms. The van der Waals surface area contributed by atoms with Crippen LogP contribution in [-0.2, 0) is 4.79 Å². The van der Waals surface area contributed by atoms with Crippen LogP contribution in [0.25, 0.3) is 22.3 Å². The van der Waals surface area contributed by atoms with Crippen molar-refractivity contribution < 1.29 is 9.90 Å². The number of aromatic nitrogens is 5. The Morgan fingerprint density at radius 1 is 1.35 bits per heavy atom. The zero-order chi connectivity index (χ0) is 14.1. The van der Waals surface area contributed by atoms with Crippen molar-refractivity contribution in [3.05, 3.63) is 36.5 Å². The van der Waals surface area contributed by atoms with Crippen LogP contribution in [0, 0.1) is 0 Å². The number of carboxylic acids is 1. The molecule has 2 heterocycles. The number of tetrazole rings is 1. The van der Waals surface area contributed by atoms with E-state index >= 15 is 0 Å². The topological polar surface area (TPSA) is 93.8 Å². The van der Waals surface area contributed by atoms with E-state index in [4.69, 9.17) is 5.11 Å². The summed E-state index contributed by atoms with van der Waals surface area (Å²) in [5.41, 5.74) is 1.62. The van der Waals surface area contributed by atoms with Crippen LogP contribution in [0.2, 0.25) is 0 Å². The van der Waals surface area contributed by atoms with E-state index in [9.17, 15) is 4.79 Å². The van der Waals surface area contributed by atoms with Crippen LogP contribution in [0.3, 0.4) is 0 Å². The Morgan fingerprint density at radius 2 is 2.20 bits per heavy atom. The van der Waals surface area contributed by atoms with E-state index in [0.29, 0.717) is 5.82 Å². The molecule has 0 saturated heterocycles. The third-order valence-electron chi connectivity index (χ3n) is 3.08. The number of hydrogen-bond acceptors (Lipinski definition) is 5. The van der Waals surface area contributed by atoms with E-state index in [1.807, 2.05) is 30.3 Å². The lowest BCUT2D eigenvalue weighted by Crippen LogP contribution is -2.18. The number of benzene rings is 1. The molecule has 2 aromatic heterocycles. The van der Waals surface area contributed by atoms with Crippen molar-refractivity contribution in [1.29, 1.82) is 0 Å². The van der Waals surface area contributed by atoms with Gasteiger partial charge in [0.25, 0.3) is 0 Å². The first-order valence-electron chi connectivity index (χ1n) is 6.02. The van der Waals surface area contributed by atoms with Crippen molar-refractivity contribution in [1.82, 2.24) is 25.2 Å². The van der Waals surface area contributed by atoms with Gasteiger partial charge in [0.05, 0.1) is 5.52 Å². The van der Waals surface area contributed by atoms with E-state index in [2.05, 4.69) is 20.5 Å². The minimum Gasteiger partial charge on any atom is -0.480 e. The van der Waals surface area contributed by atoms with Gasteiger partial charge >= 0.3 is 5.97 Å². The summed E-state index contributed by atoms with van der Waals surface area (Å²) in [4.78, 5) is 15.3. The molecule has 0 bridgehead atoms. The van der Waals surface area contributed by atoms with Crippen LogP contribution >= 0.6 is 0 Å². The molecule has 1 aromatic carbocycles. The average molecular weight is 269 g/mol. The molecule has 1 atom stereocenters. The lowest BCUT2D eigenvalue weighted by molar-refractivity contribution is -0.140. The Morgan fingerprint density at radius 3 is 3.00 bits per heavy atom. The molecule has 0 aliphatic rings. The molecule has 3 aromatic rings. The molecule has 100 valence electrons. The van der Waals surface area contributed by atoms with Gasteiger partial charge in [-0.2, -0.15) is 0 Å². The molecule has 3 rings (SSSR count). The van der Waals surface area contributed by atoms with Gasteiger partial charge in [-0.05, 0) is 41.6 Å². The van der Waals surface area contributed by atoms with Crippen LogP contribution in [0.4, 0.5) is 0 Å². The van der Waals surface area contributed by atoms with Crippen LogP contribution in [0.1, 0.15) is 13.0 Å². The summed E-state index contributed by atoms with van der Waals surface area (Å²) < 4.78 is 1.29. The quantitative estimate of drug-likeness (QED) is 0.775. The minimum absolute atomic E-state index is 0.422. The number of hydrogen-bond donors (Lipinski definition) is 1. The second kappa shape index (κ2) is 4.69. The summed E-state index contributed by atoms with van der Waals surface area (Å²) in [5, 5.41) is 21.3.